The standard InChI is InChI=1S/C69H129N2O7P/c1-7-10-13-16-19-22-25-27-29-31-32-33-34-35-36-37-38-40-41-43-46-49-52-55-58-61-68(72)70-66(65-77-79(74,75)76-64-63-71(4,5)6)67(60-57-54-51-48-45-24-21-18-15-12-9-3)78-69(73)62-59-56-53-50-47-44-42-39-30-28-26-23-20-17-14-11-8-2/h19,22,27,29,32-33,35-36,57,60,66-67H,7-18,20-21,23-26,28,30-31,34,37-56,58-59,61-65H2,1-6H3,(H-,70,72,74,75)/b22-19-,29-27-,33-32-,36-35-,60-57-. The Morgan fingerprint density at radius 1 is 0.443 bits per heavy atom. The number of amides is 1. The minimum absolute atomic E-state index is 0.0233. The Labute approximate surface area is 490 Å². The Morgan fingerprint density at radius 2 is 0.772 bits per heavy atom. The van der Waals surface area contributed by atoms with Crippen LogP contribution in [0.1, 0.15) is 316 Å². The lowest BCUT2D eigenvalue weighted by molar-refractivity contribution is -0.870. The molecule has 0 bridgehead atoms. The summed E-state index contributed by atoms with van der Waals surface area (Å²) in [5.41, 5.74) is 0. The van der Waals surface area contributed by atoms with Gasteiger partial charge in [-0.1, -0.05) is 287 Å². The molecule has 0 aliphatic heterocycles. The van der Waals surface area contributed by atoms with Gasteiger partial charge in [0.1, 0.15) is 19.3 Å². The summed E-state index contributed by atoms with van der Waals surface area (Å²) in [6, 6.07) is -0.891. The van der Waals surface area contributed by atoms with Gasteiger partial charge < -0.3 is 28.5 Å². The molecule has 462 valence electrons. The number of unbranched alkanes of at least 4 members (excludes halogenated alkanes) is 37. The average Bonchev–Trinajstić information content (AvgIpc) is 3.41. The SMILES string of the molecule is CCCCC/C=C\C/C=C\C/C=C\C/C=C\CCCCCCCCCCCC(=O)NC(COP(=O)([O-])OCC[N+](C)(C)C)C(/C=C\CCCCCCCCCCC)OC(=O)CCCCCCCCCCCCCCCCCCC. The molecule has 0 saturated carbocycles. The van der Waals surface area contributed by atoms with Crippen LogP contribution in [0.15, 0.2) is 60.8 Å². The molecule has 0 aromatic heterocycles. The number of carbonyl (C=O) groups excluding carboxylic acids is 2. The van der Waals surface area contributed by atoms with Gasteiger partial charge in [-0.05, 0) is 76.7 Å². The van der Waals surface area contributed by atoms with Crippen LogP contribution >= 0.6 is 7.82 Å². The monoisotopic (exact) mass is 1130 g/mol. The predicted molar refractivity (Wildman–Crippen MR) is 339 cm³/mol. The van der Waals surface area contributed by atoms with E-state index in [0.29, 0.717) is 17.4 Å². The highest BCUT2D eigenvalue weighted by atomic mass is 31.2. The van der Waals surface area contributed by atoms with Gasteiger partial charge in [0.15, 0.2) is 0 Å². The summed E-state index contributed by atoms with van der Waals surface area (Å²) < 4.78 is 30.4. The minimum atomic E-state index is -4.70. The lowest BCUT2D eigenvalue weighted by atomic mass is 10.0. The van der Waals surface area contributed by atoms with Crippen molar-refractivity contribution in [2.24, 2.45) is 0 Å². The van der Waals surface area contributed by atoms with Gasteiger partial charge in [0, 0.05) is 12.8 Å². The van der Waals surface area contributed by atoms with E-state index >= 15 is 0 Å². The molecule has 3 atom stereocenters. The molecule has 1 N–H and O–H groups in total. The van der Waals surface area contributed by atoms with E-state index in [0.717, 1.165) is 89.9 Å². The maximum absolute atomic E-state index is 13.6. The maximum Gasteiger partial charge on any atom is 0.306 e. The molecule has 0 aromatic rings. The lowest BCUT2D eigenvalue weighted by Gasteiger charge is -2.30. The maximum atomic E-state index is 13.6. The third kappa shape index (κ3) is 60.1. The quantitative estimate of drug-likeness (QED) is 0.0212. The van der Waals surface area contributed by atoms with Gasteiger partial charge in [0.05, 0.1) is 33.8 Å². The molecule has 3 unspecified atom stereocenters. The average molecular weight is 1130 g/mol. The molecule has 10 heteroatoms. The van der Waals surface area contributed by atoms with Crippen LogP contribution in [-0.2, 0) is 27.9 Å². The fraction of sp³-hybridized carbons (Fsp3) is 0.826. The smallest absolute Gasteiger partial charge is 0.306 e. The van der Waals surface area contributed by atoms with Crippen molar-refractivity contribution in [3.05, 3.63) is 60.8 Å². The fourth-order valence-corrected chi connectivity index (χ4v) is 10.5. The highest BCUT2D eigenvalue weighted by Gasteiger charge is 2.27. The first-order valence-corrected chi connectivity index (χ1v) is 35.1. The van der Waals surface area contributed by atoms with Gasteiger partial charge in [0.25, 0.3) is 7.82 Å². The van der Waals surface area contributed by atoms with E-state index in [2.05, 4.69) is 74.7 Å². The van der Waals surface area contributed by atoms with Gasteiger partial charge >= 0.3 is 5.97 Å². The normalized spacial score (nSPS) is 14.0. The summed E-state index contributed by atoms with van der Waals surface area (Å²) >= 11 is 0. The summed E-state index contributed by atoms with van der Waals surface area (Å²) in [7, 11) is 1.19. The van der Waals surface area contributed by atoms with Crippen molar-refractivity contribution in [1.82, 2.24) is 5.32 Å². The zero-order valence-corrected chi connectivity index (χ0v) is 53.7. The van der Waals surface area contributed by atoms with Crippen LogP contribution < -0.4 is 10.2 Å². The number of phosphoric ester groups is 1. The van der Waals surface area contributed by atoms with E-state index in [4.69, 9.17) is 13.8 Å². The highest BCUT2D eigenvalue weighted by Crippen LogP contribution is 2.38. The van der Waals surface area contributed by atoms with Crippen LogP contribution in [0.25, 0.3) is 0 Å². The number of carbonyl (C=O) groups is 2. The molecule has 0 radical (unpaired) electrons. The summed E-state index contributed by atoms with van der Waals surface area (Å²) in [5, 5.41) is 3.04. The molecule has 0 saturated heterocycles. The second-order valence-electron chi connectivity index (χ2n) is 24.0. The van der Waals surface area contributed by atoms with E-state index in [1.165, 1.54) is 193 Å². The largest absolute Gasteiger partial charge is 0.756 e. The topological polar surface area (TPSA) is 114 Å². The first-order valence-electron chi connectivity index (χ1n) is 33.6. The number of ether oxygens (including phenoxy) is 1. The fourth-order valence-electron chi connectivity index (χ4n) is 9.74. The third-order valence-corrected chi connectivity index (χ3v) is 15.9. The van der Waals surface area contributed by atoms with Crippen molar-refractivity contribution < 1.29 is 37.3 Å². The van der Waals surface area contributed by atoms with Crippen molar-refractivity contribution in [1.29, 1.82) is 0 Å². The van der Waals surface area contributed by atoms with Crippen LogP contribution in [0, 0.1) is 0 Å². The molecule has 0 rings (SSSR count). The number of nitrogens with zero attached hydrogens (tertiary/aromatic N) is 1. The number of esters is 1. The Balaban J connectivity index is 5.08. The van der Waals surface area contributed by atoms with Gasteiger partial charge in [-0.3, -0.25) is 14.2 Å². The number of hydrogen-bond acceptors (Lipinski definition) is 7. The van der Waals surface area contributed by atoms with Crippen LogP contribution in [0.3, 0.4) is 0 Å². The molecule has 0 spiro atoms. The number of allylic oxidation sites excluding steroid dienone is 9. The highest BCUT2D eigenvalue weighted by molar-refractivity contribution is 7.45. The predicted octanol–water partition coefficient (Wildman–Crippen LogP) is 20.4. The van der Waals surface area contributed by atoms with Gasteiger partial charge in [-0.25, -0.2) is 0 Å². The molecule has 1 amide bonds. The zero-order chi connectivity index (χ0) is 57.9. The van der Waals surface area contributed by atoms with Crippen LogP contribution in [0.5, 0.6) is 0 Å². The second-order valence-corrected chi connectivity index (χ2v) is 25.4. The minimum Gasteiger partial charge on any atom is -0.756 e. The summed E-state index contributed by atoms with van der Waals surface area (Å²) in [4.78, 5) is 40.1. The molecule has 9 nitrogen and oxygen atoms in total. The molecular weight excluding hydrogens is 1000 g/mol. The van der Waals surface area contributed by atoms with E-state index in [1.807, 2.05) is 33.3 Å². The van der Waals surface area contributed by atoms with Gasteiger partial charge in [0.2, 0.25) is 5.91 Å². The molecular formula is C69H129N2O7P. The molecule has 0 fully saturated rings. The number of quaternary nitrogens is 1. The Hall–Kier alpha value is -2.29. The number of phosphoric acid groups is 1. The van der Waals surface area contributed by atoms with E-state index < -0.39 is 20.0 Å². The Kier molecular flexibility index (Phi) is 57.2. The summed E-state index contributed by atoms with van der Waals surface area (Å²) in [6.45, 7) is 6.84. The van der Waals surface area contributed by atoms with Crippen molar-refractivity contribution >= 4 is 19.7 Å². The van der Waals surface area contributed by atoms with Gasteiger partial charge in [-0.2, -0.15) is 0 Å². The molecule has 0 aliphatic carbocycles. The van der Waals surface area contributed by atoms with E-state index in [1.54, 1.807) is 0 Å². The number of nitrogens with one attached hydrogen (secondary N) is 1. The van der Waals surface area contributed by atoms with Crippen molar-refractivity contribution in [3.8, 4) is 0 Å². The Morgan fingerprint density at radius 3 is 1.18 bits per heavy atom. The van der Waals surface area contributed by atoms with Crippen LogP contribution in [-0.4, -0.2) is 69.4 Å². The number of likely N-dealkylation sites (N-methyl/N-ethyl adjacent to an activating group) is 1. The molecule has 0 heterocycles. The van der Waals surface area contributed by atoms with E-state index in [9.17, 15) is 19.0 Å². The van der Waals surface area contributed by atoms with Gasteiger partial charge in [-0.15, -0.1) is 0 Å². The van der Waals surface area contributed by atoms with E-state index in [-0.39, 0.29) is 31.5 Å². The summed E-state index contributed by atoms with van der Waals surface area (Å²) in [6.07, 6.45) is 74.7. The number of rotatable bonds is 61. The van der Waals surface area contributed by atoms with Crippen LogP contribution in [0.2, 0.25) is 0 Å². The number of hydrogen-bond donors (Lipinski definition) is 1. The first kappa shape index (κ1) is 76.7. The Bertz CT molecular complexity index is 1540. The first-order chi connectivity index (χ1) is 38.4. The molecule has 79 heavy (non-hydrogen) atoms. The molecule has 0 aromatic carbocycles. The van der Waals surface area contributed by atoms with Crippen molar-refractivity contribution in [3.63, 3.8) is 0 Å². The van der Waals surface area contributed by atoms with Crippen molar-refractivity contribution in [2.75, 3.05) is 40.9 Å². The zero-order valence-electron chi connectivity index (χ0n) is 52.8. The third-order valence-electron chi connectivity index (χ3n) is 15.0. The molecule has 0 aliphatic rings. The van der Waals surface area contributed by atoms with Crippen molar-refractivity contribution in [2.45, 2.75) is 328 Å². The second kappa shape index (κ2) is 58.9. The van der Waals surface area contributed by atoms with Crippen LogP contribution in [0.4, 0.5) is 0 Å². The lowest BCUT2D eigenvalue weighted by Crippen LogP contribution is -2.47. The summed E-state index contributed by atoms with van der Waals surface area (Å²) in [5.74, 6) is -0.537.